The maximum Gasteiger partial charge on any atom is 0.228 e. The van der Waals surface area contributed by atoms with E-state index in [1.165, 1.54) is 5.01 Å². The predicted molar refractivity (Wildman–Crippen MR) is 46.3 cm³/mol. The van der Waals surface area contributed by atoms with Crippen LogP contribution in [0.4, 0.5) is 5.82 Å². The van der Waals surface area contributed by atoms with E-state index < -0.39 is 0 Å². The lowest BCUT2D eigenvalue weighted by Gasteiger charge is -2.15. The third-order valence-electron chi connectivity index (χ3n) is 1.39. The summed E-state index contributed by atoms with van der Waals surface area (Å²) in [6.07, 6.45) is 2.40. The second kappa shape index (κ2) is 4.33. The zero-order valence-corrected chi connectivity index (χ0v) is 6.90. The number of amides is 1. The molecule has 0 aliphatic rings. The van der Waals surface area contributed by atoms with Crippen LogP contribution in [0.25, 0.3) is 0 Å². The molecule has 1 heterocycles. The van der Waals surface area contributed by atoms with Crippen LogP contribution in [0.5, 0.6) is 0 Å². The standard InChI is InChI=1S/C8H11N3O/c1-2-11(7-12)10-8-5-3-4-6-9-8/h3-7H,2H2,1H3,(H,9,10). The molecule has 1 rings (SSSR count). The lowest BCUT2D eigenvalue weighted by Crippen LogP contribution is -2.28. The van der Waals surface area contributed by atoms with Crippen molar-refractivity contribution in [2.24, 2.45) is 0 Å². The van der Waals surface area contributed by atoms with Crippen LogP contribution < -0.4 is 5.43 Å². The van der Waals surface area contributed by atoms with Crippen molar-refractivity contribution in [1.82, 2.24) is 9.99 Å². The highest BCUT2D eigenvalue weighted by Gasteiger charge is 1.96. The summed E-state index contributed by atoms with van der Waals surface area (Å²) in [6, 6.07) is 5.47. The second-order valence-electron chi connectivity index (χ2n) is 2.22. The van der Waals surface area contributed by atoms with Crippen LogP contribution in [-0.2, 0) is 4.79 Å². The summed E-state index contributed by atoms with van der Waals surface area (Å²) in [5.74, 6) is 0.673. The van der Waals surface area contributed by atoms with E-state index in [1.54, 1.807) is 12.3 Å². The van der Waals surface area contributed by atoms with Crippen LogP contribution >= 0.6 is 0 Å². The Labute approximate surface area is 71.2 Å². The first-order chi connectivity index (χ1) is 5.86. The normalized spacial score (nSPS) is 9.08. The highest BCUT2D eigenvalue weighted by Crippen LogP contribution is 1.99. The average Bonchev–Trinajstić information content (AvgIpc) is 2.16. The number of anilines is 1. The molecular formula is C8H11N3O. The van der Waals surface area contributed by atoms with Gasteiger partial charge >= 0.3 is 0 Å². The zero-order valence-electron chi connectivity index (χ0n) is 6.90. The molecule has 0 bridgehead atoms. The SMILES string of the molecule is CCN(C=O)Nc1ccccn1. The fraction of sp³-hybridized carbons (Fsp3) is 0.250. The summed E-state index contributed by atoms with van der Waals surface area (Å²) in [6.45, 7) is 2.49. The lowest BCUT2D eigenvalue weighted by atomic mass is 10.5. The molecule has 1 N–H and O–H groups in total. The molecule has 0 unspecified atom stereocenters. The molecule has 1 amide bonds. The van der Waals surface area contributed by atoms with E-state index in [9.17, 15) is 4.79 Å². The molecule has 0 spiro atoms. The van der Waals surface area contributed by atoms with Crippen molar-refractivity contribution < 1.29 is 4.79 Å². The third-order valence-corrected chi connectivity index (χ3v) is 1.39. The Hall–Kier alpha value is -1.58. The van der Waals surface area contributed by atoms with Gasteiger partial charge in [0.15, 0.2) is 0 Å². The molecule has 12 heavy (non-hydrogen) atoms. The molecule has 4 heteroatoms. The van der Waals surface area contributed by atoms with Gasteiger partial charge in [0.2, 0.25) is 6.41 Å². The smallest absolute Gasteiger partial charge is 0.228 e. The minimum Gasteiger partial charge on any atom is -0.280 e. The maximum absolute atomic E-state index is 10.4. The highest BCUT2D eigenvalue weighted by atomic mass is 16.1. The number of hydrogen-bond acceptors (Lipinski definition) is 3. The monoisotopic (exact) mass is 165 g/mol. The Morgan fingerprint density at radius 3 is 3.00 bits per heavy atom. The summed E-state index contributed by atoms with van der Waals surface area (Å²) in [7, 11) is 0. The Kier molecular flexibility index (Phi) is 3.07. The van der Waals surface area contributed by atoms with E-state index in [4.69, 9.17) is 0 Å². The van der Waals surface area contributed by atoms with Gasteiger partial charge in [0, 0.05) is 12.7 Å². The molecule has 0 aliphatic carbocycles. The van der Waals surface area contributed by atoms with Crippen LogP contribution in [0, 0.1) is 0 Å². The maximum atomic E-state index is 10.4. The van der Waals surface area contributed by atoms with E-state index in [0.29, 0.717) is 12.4 Å². The van der Waals surface area contributed by atoms with Crippen molar-refractivity contribution in [2.45, 2.75) is 6.92 Å². The first kappa shape index (κ1) is 8.52. The zero-order chi connectivity index (χ0) is 8.81. The number of carbonyl (C=O) groups is 1. The van der Waals surface area contributed by atoms with E-state index in [0.717, 1.165) is 6.41 Å². The largest absolute Gasteiger partial charge is 0.280 e. The first-order valence-corrected chi connectivity index (χ1v) is 3.76. The van der Waals surface area contributed by atoms with Crippen molar-refractivity contribution in [3.05, 3.63) is 24.4 Å². The predicted octanol–water partition coefficient (Wildman–Crippen LogP) is 0.887. The Morgan fingerprint density at radius 1 is 1.67 bits per heavy atom. The fourth-order valence-electron chi connectivity index (χ4n) is 0.756. The first-order valence-electron chi connectivity index (χ1n) is 3.76. The molecule has 4 nitrogen and oxygen atoms in total. The topological polar surface area (TPSA) is 45.2 Å². The summed E-state index contributed by atoms with van der Waals surface area (Å²) in [5.41, 5.74) is 2.83. The third kappa shape index (κ3) is 2.23. The molecule has 1 aromatic rings. The van der Waals surface area contributed by atoms with Crippen molar-refractivity contribution in [3.8, 4) is 0 Å². The van der Waals surface area contributed by atoms with Crippen LogP contribution in [0.15, 0.2) is 24.4 Å². The van der Waals surface area contributed by atoms with Crippen molar-refractivity contribution in [1.29, 1.82) is 0 Å². The minimum atomic E-state index is 0.611. The summed E-state index contributed by atoms with van der Waals surface area (Å²) in [4.78, 5) is 14.4. The van der Waals surface area contributed by atoms with Crippen LogP contribution in [-0.4, -0.2) is 22.9 Å². The number of carbonyl (C=O) groups excluding carboxylic acids is 1. The van der Waals surface area contributed by atoms with Gasteiger partial charge in [0.1, 0.15) is 5.82 Å². The summed E-state index contributed by atoms with van der Waals surface area (Å²) in [5, 5.41) is 1.42. The molecule has 0 saturated heterocycles. The van der Waals surface area contributed by atoms with Gasteiger partial charge in [0.05, 0.1) is 0 Å². The van der Waals surface area contributed by atoms with E-state index in [2.05, 4.69) is 10.4 Å². The number of nitrogens with zero attached hydrogens (tertiary/aromatic N) is 2. The van der Waals surface area contributed by atoms with Crippen molar-refractivity contribution in [3.63, 3.8) is 0 Å². The second-order valence-corrected chi connectivity index (χ2v) is 2.22. The van der Waals surface area contributed by atoms with Gasteiger partial charge in [-0.2, -0.15) is 0 Å². The molecular weight excluding hydrogens is 154 g/mol. The van der Waals surface area contributed by atoms with Crippen molar-refractivity contribution in [2.75, 3.05) is 12.0 Å². The van der Waals surface area contributed by atoms with Crippen LogP contribution in [0.3, 0.4) is 0 Å². The number of aromatic nitrogens is 1. The van der Waals surface area contributed by atoms with Crippen LogP contribution in [0.2, 0.25) is 0 Å². The van der Waals surface area contributed by atoms with Gasteiger partial charge in [-0.25, -0.2) is 4.98 Å². The number of nitrogens with one attached hydrogen (secondary N) is 1. The summed E-state index contributed by atoms with van der Waals surface area (Å²) < 4.78 is 0. The van der Waals surface area contributed by atoms with Gasteiger partial charge < -0.3 is 0 Å². The minimum absolute atomic E-state index is 0.611. The Balaban J connectivity index is 2.56. The van der Waals surface area contributed by atoms with E-state index in [-0.39, 0.29) is 0 Å². The van der Waals surface area contributed by atoms with Gasteiger partial charge in [-0.05, 0) is 19.1 Å². The van der Waals surface area contributed by atoms with Gasteiger partial charge in [0.25, 0.3) is 0 Å². The van der Waals surface area contributed by atoms with Crippen molar-refractivity contribution >= 4 is 12.2 Å². The molecule has 64 valence electrons. The number of hydrogen-bond donors (Lipinski definition) is 1. The number of pyridine rings is 1. The van der Waals surface area contributed by atoms with Crippen LogP contribution in [0.1, 0.15) is 6.92 Å². The van der Waals surface area contributed by atoms with Gasteiger partial charge in [-0.1, -0.05) is 6.07 Å². The number of rotatable bonds is 4. The molecule has 0 radical (unpaired) electrons. The lowest BCUT2D eigenvalue weighted by molar-refractivity contribution is -0.116. The van der Waals surface area contributed by atoms with Gasteiger partial charge in [-0.3, -0.25) is 15.2 Å². The van der Waals surface area contributed by atoms with Gasteiger partial charge in [-0.15, -0.1) is 0 Å². The molecule has 1 aromatic heterocycles. The van der Waals surface area contributed by atoms with E-state index in [1.807, 2.05) is 19.1 Å². The Morgan fingerprint density at radius 2 is 2.50 bits per heavy atom. The molecule has 0 saturated carbocycles. The number of hydrazine groups is 1. The fourth-order valence-corrected chi connectivity index (χ4v) is 0.756. The highest BCUT2D eigenvalue weighted by molar-refractivity contribution is 5.51. The Bertz CT molecular complexity index is 237. The molecule has 0 atom stereocenters. The average molecular weight is 165 g/mol. The summed E-state index contributed by atoms with van der Waals surface area (Å²) >= 11 is 0. The molecule has 0 fully saturated rings. The quantitative estimate of drug-likeness (QED) is 0.532. The molecule has 0 aliphatic heterocycles. The molecule has 0 aromatic carbocycles. The van der Waals surface area contributed by atoms with E-state index >= 15 is 0 Å².